The zero-order valence-electron chi connectivity index (χ0n) is 35.7. The quantitative estimate of drug-likeness (QED) is 0.0335. The summed E-state index contributed by atoms with van der Waals surface area (Å²) in [7, 11) is 1.57. The SMILES string of the molecule is CNC[C@H](O)[C@@H](O)[C@H](O)[C@H](O)CO.O=C(O)CN(CCN(CC(=O)O)C(Cc1cc(I)c(Oc2ccc(O)cc2)c(I)c1)C(=O)O)C(Cc1cc(I)c(Oc2ccc(O)cc2)c(I)c1)C(=O)O.[Mn+2]. The van der Waals surface area contributed by atoms with E-state index in [1.807, 2.05) is 90.4 Å². The molecule has 0 amide bonds. The van der Waals surface area contributed by atoms with E-state index in [4.69, 9.17) is 29.9 Å². The van der Waals surface area contributed by atoms with Gasteiger partial charge in [-0.1, -0.05) is 0 Å². The number of hydrogen-bond donors (Lipinski definition) is 12. The standard InChI is InChI=1S/C36H32I4N2O12.C7H17NO5.Mn/c37-25-11-19(12-26(38)33(25)53-23-5-1-21(43)2-6-23)15-29(35(49)50)41(17-31(45)46)9-10-42(18-32(47)48)30(36(51)52)16-20-13-27(39)34(28(40)14-20)54-24-7-3-22(44)4-8-24;1-8-2-4(10)6(12)7(13)5(11)3-9;/h1-8,11-14,29-30,43-44H,9-10,15-18H2,(H,45,46)(H,47,48)(H,49,50)(H,51,52);4-13H,2-3H2,1H3;/q;;+2/t;4-,5+,6+,7+;/m.0./s1. The summed E-state index contributed by atoms with van der Waals surface area (Å²) < 4.78 is 14.6. The first-order chi connectivity index (χ1) is 31.5. The number of aliphatic carboxylic acids is 4. The molecule has 0 aliphatic heterocycles. The second kappa shape index (κ2) is 30.1. The molecule has 0 aliphatic carbocycles. The van der Waals surface area contributed by atoms with Gasteiger partial charge in [-0.3, -0.25) is 29.0 Å². The fourth-order valence-corrected chi connectivity index (χ4v) is 10.5. The number of halogens is 4. The molecule has 20 nitrogen and oxygen atoms in total. The van der Waals surface area contributed by atoms with Crippen molar-refractivity contribution in [3.8, 4) is 34.5 Å². The van der Waals surface area contributed by atoms with Crippen LogP contribution in [0.2, 0.25) is 0 Å². The van der Waals surface area contributed by atoms with Gasteiger partial charge in [0.2, 0.25) is 0 Å². The summed E-state index contributed by atoms with van der Waals surface area (Å²) in [5, 5.41) is 107. The van der Waals surface area contributed by atoms with E-state index in [9.17, 15) is 54.9 Å². The van der Waals surface area contributed by atoms with Crippen LogP contribution in [0, 0.1) is 14.3 Å². The van der Waals surface area contributed by atoms with E-state index in [-0.39, 0.29) is 61.0 Å². The number of carbonyl (C=O) groups is 4. The summed E-state index contributed by atoms with van der Waals surface area (Å²) >= 11 is 8.19. The van der Waals surface area contributed by atoms with Crippen LogP contribution in [0.3, 0.4) is 0 Å². The van der Waals surface area contributed by atoms with E-state index in [0.29, 0.717) is 48.4 Å². The van der Waals surface area contributed by atoms with Crippen molar-refractivity contribution in [2.24, 2.45) is 0 Å². The molecular formula is C43H49I4MnN3O17+2. The number of benzene rings is 4. The number of phenolic OH excluding ortho intramolecular Hbond substituents is 2. The minimum absolute atomic E-state index is 0. The van der Waals surface area contributed by atoms with E-state index in [1.165, 1.54) is 34.1 Å². The van der Waals surface area contributed by atoms with Gasteiger partial charge in [-0.15, -0.1) is 0 Å². The van der Waals surface area contributed by atoms with Gasteiger partial charge in [0.15, 0.2) is 11.5 Å². The summed E-state index contributed by atoms with van der Waals surface area (Å²) in [6.07, 6.45) is -5.89. The van der Waals surface area contributed by atoms with Crippen LogP contribution >= 0.6 is 90.4 Å². The van der Waals surface area contributed by atoms with E-state index >= 15 is 0 Å². The zero-order chi connectivity index (χ0) is 50.1. The average molecular weight is 1440 g/mol. The van der Waals surface area contributed by atoms with Gasteiger partial charge in [0.1, 0.15) is 53.4 Å². The van der Waals surface area contributed by atoms with Gasteiger partial charge >= 0.3 is 40.9 Å². The first-order valence-corrected chi connectivity index (χ1v) is 24.1. The molecule has 0 saturated heterocycles. The van der Waals surface area contributed by atoms with E-state index in [1.54, 1.807) is 55.6 Å². The third kappa shape index (κ3) is 19.7. The Labute approximate surface area is 455 Å². The first kappa shape index (κ1) is 61.2. The number of carboxylic acids is 4. The number of phenols is 2. The molecule has 68 heavy (non-hydrogen) atoms. The van der Waals surface area contributed by atoms with Crippen molar-refractivity contribution >= 4 is 114 Å². The van der Waals surface area contributed by atoms with Gasteiger partial charge < -0.3 is 71.0 Å². The maximum absolute atomic E-state index is 12.7. The molecular weight excluding hydrogens is 1390 g/mol. The fourth-order valence-electron chi connectivity index (χ4n) is 6.30. The normalized spacial score (nSPS) is 13.8. The number of nitrogens with one attached hydrogen (secondary N) is 1. The number of aliphatic hydroxyl groups excluding tert-OH is 5. The molecule has 0 heterocycles. The first-order valence-electron chi connectivity index (χ1n) is 19.8. The Morgan fingerprint density at radius 1 is 0.588 bits per heavy atom. The number of rotatable bonds is 25. The topological polar surface area (TPSA) is 328 Å². The van der Waals surface area contributed by atoms with Crippen LogP contribution in [-0.4, -0.2) is 173 Å². The fraction of sp³-hybridized carbons (Fsp3) is 0.349. The molecule has 25 heteroatoms. The monoisotopic (exact) mass is 1440 g/mol. The summed E-state index contributed by atoms with van der Waals surface area (Å²) in [5.74, 6) is -3.16. The van der Waals surface area contributed by atoms with Gasteiger partial charge in [-0.25, -0.2) is 0 Å². The Morgan fingerprint density at radius 3 is 1.19 bits per heavy atom. The molecule has 0 aliphatic rings. The molecule has 4 rings (SSSR count). The maximum atomic E-state index is 12.7. The second-order valence-electron chi connectivity index (χ2n) is 14.7. The maximum Gasteiger partial charge on any atom is 2.00 e. The third-order valence-corrected chi connectivity index (χ3v) is 12.8. The van der Waals surface area contributed by atoms with Crippen LogP contribution in [0.4, 0.5) is 0 Å². The molecule has 4 aromatic rings. The van der Waals surface area contributed by atoms with Gasteiger partial charge in [0.25, 0.3) is 0 Å². The molecule has 0 bridgehead atoms. The molecule has 371 valence electrons. The van der Waals surface area contributed by atoms with Gasteiger partial charge in [-0.05, 0) is 194 Å². The molecule has 2 unspecified atom stereocenters. The summed E-state index contributed by atoms with van der Waals surface area (Å²) in [4.78, 5) is 51.6. The Balaban J connectivity index is 0.000000987. The number of aliphatic hydroxyl groups is 5. The molecule has 6 atom stereocenters. The smallest absolute Gasteiger partial charge is 0.508 e. The van der Waals surface area contributed by atoms with Crippen LogP contribution in [0.5, 0.6) is 34.5 Å². The summed E-state index contributed by atoms with van der Waals surface area (Å²) in [5.41, 5.74) is 1.13. The molecule has 1 radical (unpaired) electrons. The molecule has 0 saturated carbocycles. The Bertz CT molecular complexity index is 2090. The summed E-state index contributed by atoms with van der Waals surface area (Å²) in [6, 6.07) is 16.4. The predicted octanol–water partition coefficient (Wildman–Crippen LogP) is 3.20. The molecule has 0 spiro atoms. The van der Waals surface area contributed by atoms with Crippen LogP contribution in [0.25, 0.3) is 0 Å². The van der Waals surface area contributed by atoms with Crippen molar-refractivity contribution in [2.45, 2.75) is 49.3 Å². The van der Waals surface area contributed by atoms with Gasteiger partial charge in [-0.2, -0.15) is 0 Å². The minimum Gasteiger partial charge on any atom is -0.508 e. The molecule has 0 fully saturated rings. The average Bonchev–Trinajstić information content (AvgIpc) is 3.25. The minimum atomic E-state index is -1.55. The molecule has 0 aromatic heterocycles. The van der Waals surface area contributed by atoms with Crippen molar-refractivity contribution in [1.82, 2.24) is 15.1 Å². The van der Waals surface area contributed by atoms with E-state index in [0.717, 1.165) is 0 Å². The van der Waals surface area contributed by atoms with Gasteiger partial charge in [0.05, 0.1) is 40.1 Å². The number of ether oxygens (including phenoxy) is 2. The van der Waals surface area contributed by atoms with Crippen LogP contribution in [0.15, 0.2) is 72.8 Å². The second-order valence-corrected chi connectivity index (χ2v) is 19.3. The van der Waals surface area contributed by atoms with Crippen LogP contribution < -0.4 is 14.8 Å². The number of nitrogens with zero attached hydrogens (tertiary/aromatic N) is 2. The number of carboxylic acid groups (broad SMARTS) is 4. The van der Waals surface area contributed by atoms with Crippen molar-refractivity contribution in [3.05, 3.63) is 98.2 Å². The van der Waals surface area contributed by atoms with E-state index in [2.05, 4.69) is 5.32 Å². The number of hydrogen-bond acceptors (Lipinski definition) is 16. The van der Waals surface area contributed by atoms with Crippen molar-refractivity contribution in [2.75, 3.05) is 46.4 Å². The van der Waals surface area contributed by atoms with Crippen LogP contribution in [-0.2, 0) is 49.1 Å². The van der Waals surface area contributed by atoms with Crippen molar-refractivity contribution in [3.63, 3.8) is 0 Å². The van der Waals surface area contributed by atoms with E-state index < -0.39 is 80.1 Å². The largest absolute Gasteiger partial charge is 2.00 e. The Hall–Kier alpha value is -2.92. The van der Waals surface area contributed by atoms with Crippen molar-refractivity contribution in [1.29, 1.82) is 0 Å². The Kier molecular flexibility index (Phi) is 27.1. The summed E-state index contributed by atoms with van der Waals surface area (Å²) in [6.45, 7) is -2.52. The number of likely N-dealkylation sites (N-methyl/N-ethyl adjacent to an activating group) is 1. The Morgan fingerprint density at radius 2 is 0.912 bits per heavy atom. The number of aromatic hydroxyl groups is 2. The molecule has 12 N–H and O–H groups in total. The molecule has 4 aromatic carbocycles. The van der Waals surface area contributed by atoms with Crippen molar-refractivity contribution < 1.29 is 102 Å². The zero-order valence-corrected chi connectivity index (χ0v) is 45.5. The van der Waals surface area contributed by atoms with Crippen LogP contribution in [0.1, 0.15) is 11.1 Å². The predicted molar refractivity (Wildman–Crippen MR) is 274 cm³/mol. The third-order valence-electron chi connectivity index (χ3n) is 9.63. The van der Waals surface area contributed by atoms with Gasteiger partial charge in [0, 0.05) is 19.6 Å².